The van der Waals surface area contributed by atoms with Crippen LogP contribution in [0.5, 0.6) is 5.75 Å². The zero-order valence-electron chi connectivity index (χ0n) is 23.0. The molecule has 1 aromatic heterocycles. The first kappa shape index (κ1) is 29.4. The highest BCUT2D eigenvalue weighted by Gasteiger charge is 2.36. The number of pyridine rings is 1. The number of rotatable bonds is 11. The van der Waals surface area contributed by atoms with Crippen molar-refractivity contribution >= 4 is 32.8 Å². The van der Waals surface area contributed by atoms with Crippen LogP contribution in [-0.4, -0.2) is 83.6 Å². The van der Waals surface area contributed by atoms with Crippen LogP contribution in [0.2, 0.25) is 0 Å². The number of para-hydroxylation sites is 1. The van der Waals surface area contributed by atoms with Crippen molar-refractivity contribution in [2.75, 3.05) is 31.9 Å². The Balaban J connectivity index is 1.35. The Morgan fingerprint density at radius 1 is 1.07 bits per heavy atom. The molecule has 2 aromatic carbocycles. The first-order valence-corrected chi connectivity index (χ1v) is 15.0. The number of carbonyl (C=O) groups is 2. The summed E-state index contributed by atoms with van der Waals surface area (Å²) in [6.07, 6.45) is 0.526. The molecule has 0 bridgehead atoms. The fourth-order valence-corrected chi connectivity index (χ4v) is 6.57. The lowest BCUT2D eigenvalue weighted by atomic mass is 10.1. The number of piperazine rings is 1. The molecule has 0 aliphatic carbocycles. The molecule has 2 atom stereocenters. The minimum absolute atomic E-state index is 0.0754. The summed E-state index contributed by atoms with van der Waals surface area (Å²) in [7, 11) is -3.34. The molecule has 2 unspecified atom stereocenters. The molecule has 0 saturated carbocycles. The highest BCUT2D eigenvalue weighted by atomic mass is 32.2. The number of hydrogen-bond donors (Lipinski definition) is 2. The lowest BCUT2D eigenvalue weighted by Gasteiger charge is -2.39. The number of hydrogen-bond acceptors (Lipinski definition) is 7. The van der Waals surface area contributed by atoms with Gasteiger partial charge in [0.1, 0.15) is 18.4 Å². The van der Waals surface area contributed by atoms with E-state index in [-0.39, 0.29) is 31.9 Å². The van der Waals surface area contributed by atoms with Gasteiger partial charge in [0, 0.05) is 48.4 Å². The van der Waals surface area contributed by atoms with E-state index in [0.717, 1.165) is 22.2 Å². The molecule has 40 heavy (non-hydrogen) atoms. The molecule has 2 heterocycles. The van der Waals surface area contributed by atoms with Gasteiger partial charge in [-0.2, -0.15) is 4.31 Å². The Labute approximate surface area is 235 Å². The predicted molar refractivity (Wildman–Crippen MR) is 153 cm³/mol. The maximum Gasteiger partial charge on any atom is 0.323 e. The topological polar surface area (TPSA) is 129 Å². The molecular formula is C29H36N4O6S. The molecule has 214 valence electrons. The maximum absolute atomic E-state index is 12.9. The highest BCUT2D eigenvalue weighted by molar-refractivity contribution is 7.89. The van der Waals surface area contributed by atoms with Crippen LogP contribution in [0, 0.1) is 6.92 Å². The first-order valence-electron chi connectivity index (χ1n) is 13.4. The second-order valence-electron chi connectivity index (χ2n) is 10.0. The molecule has 1 fully saturated rings. The number of amides is 1. The molecular weight excluding hydrogens is 532 g/mol. The van der Waals surface area contributed by atoms with Crippen LogP contribution >= 0.6 is 0 Å². The second-order valence-corrected chi connectivity index (χ2v) is 12.1. The van der Waals surface area contributed by atoms with E-state index in [2.05, 4.69) is 10.3 Å². The molecule has 10 nitrogen and oxygen atoms in total. The zero-order valence-corrected chi connectivity index (χ0v) is 23.9. The predicted octanol–water partition coefficient (Wildman–Crippen LogP) is 3.05. The molecule has 4 rings (SSSR count). The van der Waals surface area contributed by atoms with Crippen LogP contribution in [0.1, 0.15) is 41.9 Å². The van der Waals surface area contributed by atoms with Crippen LogP contribution in [-0.2, 0) is 21.4 Å². The Hall–Kier alpha value is -3.54. The van der Waals surface area contributed by atoms with Crippen molar-refractivity contribution in [2.45, 2.75) is 45.9 Å². The highest BCUT2D eigenvalue weighted by Crippen LogP contribution is 2.21. The number of fused-ring (bicyclic) bond motifs is 1. The number of nitrogens with one attached hydrogen (secondary N) is 1. The lowest BCUT2D eigenvalue weighted by Crippen LogP contribution is -2.60. The monoisotopic (exact) mass is 568 g/mol. The van der Waals surface area contributed by atoms with Gasteiger partial charge in [-0.1, -0.05) is 25.1 Å². The maximum atomic E-state index is 12.9. The number of carbonyl (C=O) groups excluding carboxylic acids is 1. The minimum Gasteiger partial charge on any atom is -0.489 e. The van der Waals surface area contributed by atoms with Crippen molar-refractivity contribution < 1.29 is 27.9 Å². The summed E-state index contributed by atoms with van der Waals surface area (Å²) >= 11 is 0. The number of nitrogens with zero attached hydrogens (tertiary/aromatic N) is 3. The smallest absolute Gasteiger partial charge is 0.323 e. The Morgan fingerprint density at radius 3 is 2.40 bits per heavy atom. The molecule has 0 spiro atoms. The molecule has 11 heteroatoms. The third kappa shape index (κ3) is 6.96. The Kier molecular flexibility index (Phi) is 9.39. The van der Waals surface area contributed by atoms with E-state index in [1.54, 1.807) is 36.1 Å². The quantitative estimate of drug-likeness (QED) is 0.361. The third-order valence-electron chi connectivity index (χ3n) is 7.05. The minimum atomic E-state index is -3.34. The average Bonchev–Trinajstić information content (AvgIpc) is 2.92. The van der Waals surface area contributed by atoms with Gasteiger partial charge in [-0.3, -0.25) is 19.5 Å². The summed E-state index contributed by atoms with van der Waals surface area (Å²) in [5, 5.41) is 13.7. The van der Waals surface area contributed by atoms with Crippen LogP contribution in [0.4, 0.5) is 0 Å². The normalized spacial score (nSPS) is 16.4. The third-order valence-corrected chi connectivity index (χ3v) is 9.12. The van der Waals surface area contributed by atoms with Crippen LogP contribution < -0.4 is 10.1 Å². The van der Waals surface area contributed by atoms with Crippen molar-refractivity contribution in [1.82, 2.24) is 19.5 Å². The van der Waals surface area contributed by atoms with E-state index in [1.165, 1.54) is 4.31 Å². The van der Waals surface area contributed by atoms with Crippen molar-refractivity contribution in [3.63, 3.8) is 0 Å². The standard InChI is InChI=1S/C29H36N4O6S/c1-4-17-40(37,38)33-15-13-32(14-16-33)27(29(35)36)21(3)31-28(34)22-9-11-24(12-10-22)39-19-23-18-20(2)30-26-8-6-5-7-25(23)26/h5-12,18,21,27H,4,13-17,19H2,1-3H3,(H,31,34)(H,35,36). The number of carboxylic acid groups (broad SMARTS) is 1. The number of aromatic nitrogens is 1. The summed E-state index contributed by atoms with van der Waals surface area (Å²) in [5.74, 6) is -0.792. The van der Waals surface area contributed by atoms with Gasteiger partial charge >= 0.3 is 5.97 Å². The zero-order chi connectivity index (χ0) is 28.9. The van der Waals surface area contributed by atoms with Crippen LogP contribution in [0.25, 0.3) is 10.9 Å². The first-order chi connectivity index (χ1) is 19.1. The molecule has 3 aromatic rings. The fraction of sp³-hybridized carbons (Fsp3) is 0.414. The molecule has 1 amide bonds. The van der Waals surface area contributed by atoms with Crippen molar-refractivity contribution in [3.05, 3.63) is 71.4 Å². The van der Waals surface area contributed by atoms with Crippen molar-refractivity contribution in [2.24, 2.45) is 0 Å². The molecule has 1 aliphatic rings. The number of benzene rings is 2. The van der Waals surface area contributed by atoms with Gasteiger partial charge in [-0.15, -0.1) is 0 Å². The van der Waals surface area contributed by atoms with Gasteiger partial charge in [0.15, 0.2) is 0 Å². The fourth-order valence-electron chi connectivity index (χ4n) is 5.08. The Morgan fingerprint density at radius 2 is 1.75 bits per heavy atom. The second kappa shape index (κ2) is 12.8. The Bertz CT molecular complexity index is 1450. The molecule has 2 N–H and O–H groups in total. The molecule has 1 aliphatic heterocycles. The van der Waals surface area contributed by atoms with E-state index < -0.39 is 34.0 Å². The van der Waals surface area contributed by atoms with Crippen molar-refractivity contribution in [3.8, 4) is 5.75 Å². The lowest BCUT2D eigenvalue weighted by molar-refractivity contribution is -0.144. The van der Waals surface area contributed by atoms with E-state index >= 15 is 0 Å². The van der Waals surface area contributed by atoms with Crippen LogP contribution in [0.15, 0.2) is 54.6 Å². The summed E-state index contributed by atoms with van der Waals surface area (Å²) in [6.45, 7) is 6.75. The van der Waals surface area contributed by atoms with Gasteiger partial charge in [0.25, 0.3) is 5.91 Å². The summed E-state index contributed by atoms with van der Waals surface area (Å²) < 4.78 is 32.1. The largest absolute Gasteiger partial charge is 0.489 e. The van der Waals surface area contributed by atoms with E-state index in [9.17, 15) is 23.1 Å². The van der Waals surface area contributed by atoms with Gasteiger partial charge < -0.3 is 15.2 Å². The molecule has 0 radical (unpaired) electrons. The SMILES string of the molecule is CCCS(=O)(=O)N1CCN(C(C(=O)O)C(C)NC(=O)c2ccc(OCc3cc(C)nc4ccccc34)cc2)CC1. The van der Waals surface area contributed by atoms with Gasteiger partial charge in [0.2, 0.25) is 10.0 Å². The number of aryl methyl sites for hydroxylation is 1. The number of sulfonamides is 1. The van der Waals surface area contributed by atoms with Gasteiger partial charge in [-0.25, -0.2) is 8.42 Å². The van der Waals surface area contributed by atoms with Crippen LogP contribution in [0.3, 0.4) is 0 Å². The average molecular weight is 569 g/mol. The summed E-state index contributed by atoms with van der Waals surface area (Å²) in [4.78, 5) is 31.3. The van der Waals surface area contributed by atoms with E-state index in [4.69, 9.17) is 4.74 Å². The number of carboxylic acids is 1. The van der Waals surface area contributed by atoms with E-state index in [0.29, 0.717) is 24.3 Å². The van der Waals surface area contributed by atoms with E-state index in [1.807, 2.05) is 44.2 Å². The summed E-state index contributed by atoms with van der Waals surface area (Å²) in [5.41, 5.74) is 3.21. The van der Waals surface area contributed by atoms with Gasteiger partial charge in [0.05, 0.1) is 17.3 Å². The summed E-state index contributed by atoms with van der Waals surface area (Å²) in [6, 6.07) is 14.9. The number of ether oxygens (including phenoxy) is 1. The van der Waals surface area contributed by atoms with Crippen molar-refractivity contribution in [1.29, 1.82) is 0 Å². The van der Waals surface area contributed by atoms with Gasteiger partial charge in [-0.05, 0) is 56.7 Å². The number of aliphatic carboxylic acids is 1. The molecule has 1 saturated heterocycles.